The van der Waals surface area contributed by atoms with E-state index in [1.165, 1.54) is 29.7 Å². The number of aryl methyl sites for hydroxylation is 2. The summed E-state index contributed by atoms with van der Waals surface area (Å²) in [6.07, 6.45) is 2.54. The molecule has 94 valence electrons. The van der Waals surface area contributed by atoms with E-state index >= 15 is 0 Å². The fourth-order valence-electron chi connectivity index (χ4n) is 2.48. The van der Waals surface area contributed by atoms with E-state index in [1.54, 1.807) is 7.11 Å². The van der Waals surface area contributed by atoms with Crippen molar-refractivity contribution in [1.82, 2.24) is 0 Å². The van der Waals surface area contributed by atoms with Crippen LogP contribution in [0.4, 0.5) is 5.69 Å². The van der Waals surface area contributed by atoms with Crippen molar-refractivity contribution in [2.45, 2.75) is 25.9 Å². The lowest BCUT2D eigenvalue weighted by atomic mass is 9.99. The van der Waals surface area contributed by atoms with Crippen molar-refractivity contribution < 1.29 is 4.74 Å². The van der Waals surface area contributed by atoms with E-state index in [2.05, 4.69) is 30.0 Å². The summed E-state index contributed by atoms with van der Waals surface area (Å²) in [6, 6.07) is 6.71. The number of anilines is 1. The molecule has 1 aromatic rings. The molecule has 0 radical (unpaired) electrons. The monoisotopic (exact) mass is 234 g/mol. The molecule has 1 aliphatic rings. The van der Waals surface area contributed by atoms with Gasteiger partial charge in [0.15, 0.2) is 0 Å². The Morgan fingerprint density at radius 3 is 3.00 bits per heavy atom. The number of hydrogen-bond acceptors (Lipinski definition) is 3. The van der Waals surface area contributed by atoms with Crippen LogP contribution < -0.4 is 10.6 Å². The molecule has 3 heteroatoms. The number of nitrogens with zero attached hydrogens (tertiary/aromatic N) is 1. The van der Waals surface area contributed by atoms with Crippen LogP contribution in [0.5, 0.6) is 0 Å². The van der Waals surface area contributed by atoms with Crippen molar-refractivity contribution in [3.63, 3.8) is 0 Å². The zero-order valence-corrected chi connectivity index (χ0v) is 10.8. The van der Waals surface area contributed by atoms with Gasteiger partial charge in [0.05, 0.1) is 6.10 Å². The molecule has 1 aliphatic heterocycles. The standard InChI is InChI=1S/C14H22N2O/c1-11-5-6-14-12(8-11)4-3-7-16(14)10-13(9-15)17-2/h5-6,8,13H,3-4,7,9-10,15H2,1-2H3. The Morgan fingerprint density at radius 2 is 2.29 bits per heavy atom. The van der Waals surface area contributed by atoms with Crippen LogP contribution in [-0.4, -0.2) is 32.8 Å². The van der Waals surface area contributed by atoms with Crippen LogP contribution in [0, 0.1) is 6.92 Å². The lowest BCUT2D eigenvalue weighted by Crippen LogP contribution is -2.40. The van der Waals surface area contributed by atoms with E-state index in [4.69, 9.17) is 10.5 Å². The normalized spacial score (nSPS) is 16.8. The van der Waals surface area contributed by atoms with Gasteiger partial charge in [-0.3, -0.25) is 0 Å². The average molecular weight is 234 g/mol. The first kappa shape index (κ1) is 12.4. The van der Waals surface area contributed by atoms with Gasteiger partial charge in [0.25, 0.3) is 0 Å². The summed E-state index contributed by atoms with van der Waals surface area (Å²) in [4.78, 5) is 2.40. The summed E-state index contributed by atoms with van der Waals surface area (Å²) in [5, 5.41) is 0. The van der Waals surface area contributed by atoms with Crippen molar-refractivity contribution in [1.29, 1.82) is 0 Å². The molecule has 0 aromatic heterocycles. The molecule has 0 aliphatic carbocycles. The Hall–Kier alpha value is -1.06. The first-order valence-electron chi connectivity index (χ1n) is 6.32. The third-order valence-electron chi connectivity index (χ3n) is 3.47. The van der Waals surface area contributed by atoms with Gasteiger partial charge in [-0.15, -0.1) is 0 Å². The zero-order chi connectivity index (χ0) is 12.3. The fraction of sp³-hybridized carbons (Fsp3) is 0.571. The van der Waals surface area contributed by atoms with Gasteiger partial charge in [0.2, 0.25) is 0 Å². The Bertz CT molecular complexity index is 374. The second-order valence-corrected chi connectivity index (χ2v) is 4.78. The van der Waals surface area contributed by atoms with Crippen LogP contribution in [0.25, 0.3) is 0 Å². The number of fused-ring (bicyclic) bond motifs is 1. The van der Waals surface area contributed by atoms with Gasteiger partial charge in [-0.05, 0) is 31.4 Å². The summed E-state index contributed by atoms with van der Waals surface area (Å²) < 4.78 is 5.37. The molecule has 2 N–H and O–H groups in total. The van der Waals surface area contributed by atoms with Gasteiger partial charge in [-0.2, -0.15) is 0 Å². The summed E-state index contributed by atoms with van der Waals surface area (Å²) in [6.45, 7) is 4.73. The van der Waals surface area contributed by atoms with E-state index in [0.717, 1.165) is 13.1 Å². The van der Waals surface area contributed by atoms with E-state index in [0.29, 0.717) is 6.54 Å². The van der Waals surface area contributed by atoms with Crippen LogP contribution in [-0.2, 0) is 11.2 Å². The highest BCUT2D eigenvalue weighted by Gasteiger charge is 2.19. The van der Waals surface area contributed by atoms with Crippen LogP contribution in [0.3, 0.4) is 0 Å². The number of nitrogens with two attached hydrogens (primary N) is 1. The maximum absolute atomic E-state index is 5.69. The second kappa shape index (κ2) is 5.52. The molecule has 3 nitrogen and oxygen atoms in total. The molecule has 0 fully saturated rings. The van der Waals surface area contributed by atoms with E-state index in [-0.39, 0.29) is 6.10 Å². The highest BCUT2D eigenvalue weighted by atomic mass is 16.5. The zero-order valence-electron chi connectivity index (χ0n) is 10.8. The van der Waals surface area contributed by atoms with Crippen molar-refractivity contribution in [2.24, 2.45) is 5.73 Å². The molecular formula is C14H22N2O. The van der Waals surface area contributed by atoms with Crippen molar-refractivity contribution in [3.05, 3.63) is 29.3 Å². The second-order valence-electron chi connectivity index (χ2n) is 4.78. The quantitative estimate of drug-likeness (QED) is 0.862. The number of hydrogen-bond donors (Lipinski definition) is 1. The number of ether oxygens (including phenoxy) is 1. The number of rotatable bonds is 4. The molecule has 1 unspecified atom stereocenters. The Labute approximate surface area is 104 Å². The molecular weight excluding hydrogens is 212 g/mol. The van der Waals surface area contributed by atoms with Crippen molar-refractivity contribution in [2.75, 3.05) is 31.6 Å². The van der Waals surface area contributed by atoms with Crippen molar-refractivity contribution >= 4 is 5.69 Å². The number of benzene rings is 1. The predicted octanol–water partition coefficient (Wildman–Crippen LogP) is 1.72. The lowest BCUT2D eigenvalue weighted by molar-refractivity contribution is 0.114. The molecule has 0 bridgehead atoms. The van der Waals surface area contributed by atoms with Gasteiger partial charge >= 0.3 is 0 Å². The van der Waals surface area contributed by atoms with Gasteiger partial charge in [0, 0.05) is 32.4 Å². The van der Waals surface area contributed by atoms with Crippen molar-refractivity contribution in [3.8, 4) is 0 Å². The maximum atomic E-state index is 5.69. The first-order valence-corrected chi connectivity index (χ1v) is 6.32. The van der Waals surface area contributed by atoms with E-state index in [9.17, 15) is 0 Å². The SMILES string of the molecule is COC(CN)CN1CCCc2cc(C)ccc21. The third kappa shape index (κ3) is 2.79. The molecule has 1 aromatic carbocycles. The van der Waals surface area contributed by atoms with Crippen LogP contribution in [0.2, 0.25) is 0 Å². The Kier molecular flexibility index (Phi) is 4.02. The Balaban J connectivity index is 2.16. The molecule has 0 saturated heterocycles. The molecule has 17 heavy (non-hydrogen) atoms. The van der Waals surface area contributed by atoms with Crippen LogP contribution in [0.1, 0.15) is 17.5 Å². The molecule has 1 heterocycles. The Morgan fingerprint density at radius 1 is 1.47 bits per heavy atom. The molecule has 0 amide bonds. The predicted molar refractivity (Wildman–Crippen MR) is 71.6 cm³/mol. The largest absolute Gasteiger partial charge is 0.378 e. The summed E-state index contributed by atoms with van der Waals surface area (Å²) in [5.41, 5.74) is 9.85. The minimum absolute atomic E-state index is 0.127. The molecule has 2 rings (SSSR count). The fourth-order valence-corrected chi connectivity index (χ4v) is 2.48. The summed E-state index contributed by atoms with van der Waals surface area (Å²) in [5.74, 6) is 0. The van der Waals surface area contributed by atoms with E-state index in [1.807, 2.05) is 0 Å². The van der Waals surface area contributed by atoms with Gasteiger partial charge in [0.1, 0.15) is 0 Å². The first-order chi connectivity index (χ1) is 8.24. The highest BCUT2D eigenvalue weighted by molar-refractivity contribution is 5.56. The van der Waals surface area contributed by atoms with E-state index < -0.39 is 0 Å². The lowest BCUT2D eigenvalue weighted by Gasteiger charge is -2.33. The summed E-state index contributed by atoms with van der Waals surface area (Å²) >= 11 is 0. The van der Waals surface area contributed by atoms with Crippen LogP contribution >= 0.6 is 0 Å². The average Bonchev–Trinajstić information content (AvgIpc) is 2.35. The minimum atomic E-state index is 0.127. The van der Waals surface area contributed by atoms with Gasteiger partial charge in [-0.25, -0.2) is 0 Å². The summed E-state index contributed by atoms with van der Waals surface area (Å²) in [7, 11) is 1.73. The minimum Gasteiger partial charge on any atom is -0.378 e. The highest BCUT2D eigenvalue weighted by Crippen LogP contribution is 2.28. The van der Waals surface area contributed by atoms with Crippen LogP contribution in [0.15, 0.2) is 18.2 Å². The third-order valence-corrected chi connectivity index (χ3v) is 3.47. The maximum Gasteiger partial charge on any atom is 0.0867 e. The topological polar surface area (TPSA) is 38.5 Å². The van der Waals surface area contributed by atoms with Gasteiger partial charge < -0.3 is 15.4 Å². The molecule has 0 saturated carbocycles. The number of methoxy groups -OCH3 is 1. The smallest absolute Gasteiger partial charge is 0.0867 e. The molecule has 0 spiro atoms. The van der Waals surface area contributed by atoms with Gasteiger partial charge in [-0.1, -0.05) is 17.7 Å². The molecule has 1 atom stereocenters.